The maximum atomic E-state index is 12.4. The lowest BCUT2D eigenvalue weighted by molar-refractivity contribution is -0.133. The molecule has 1 saturated heterocycles. The molecular weight excluding hydrogens is 268 g/mol. The highest BCUT2D eigenvalue weighted by molar-refractivity contribution is 5.94. The zero-order valence-electron chi connectivity index (χ0n) is 13.0. The topological polar surface area (TPSA) is 71.6 Å². The molecule has 0 aliphatic carbocycles. The van der Waals surface area contributed by atoms with Crippen LogP contribution in [0.25, 0.3) is 0 Å². The van der Waals surface area contributed by atoms with E-state index in [1.165, 1.54) is 0 Å². The van der Waals surface area contributed by atoms with Crippen LogP contribution in [0.5, 0.6) is 0 Å². The van der Waals surface area contributed by atoms with Gasteiger partial charge in [-0.05, 0) is 12.0 Å². The summed E-state index contributed by atoms with van der Waals surface area (Å²) < 4.78 is 1.74. The lowest BCUT2D eigenvalue weighted by Crippen LogP contribution is -2.51. The van der Waals surface area contributed by atoms with E-state index >= 15 is 0 Å². The van der Waals surface area contributed by atoms with Gasteiger partial charge in [0.1, 0.15) is 5.69 Å². The van der Waals surface area contributed by atoms with Crippen LogP contribution in [0, 0.1) is 5.92 Å². The van der Waals surface area contributed by atoms with E-state index in [0.717, 1.165) is 0 Å². The van der Waals surface area contributed by atoms with E-state index in [1.54, 1.807) is 21.7 Å². The Labute approximate surface area is 125 Å². The van der Waals surface area contributed by atoms with Crippen LogP contribution in [0.15, 0.2) is 12.3 Å². The molecule has 6 nitrogen and oxygen atoms in total. The fraction of sp³-hybridized carbons (Fsp3) is 0.600. The van der Waals surface area contributed by atoms with Crippen LogP contribution >= 0.6 is 0 Å². The first-order valence-corrected chi connectivity index (χ1v) is 7.37. The van der Waals surface area contributed by atoms with Crippen molar-refractivity contribution in [1.82, 2.24) is 14.4 Å². The summed E-state index contributed by atoms with van der Waals surface area (Å²) in [4.78, 5) is 28.1. The molecule has 0 spiro atoms. The molecule has 1 fully saturated rings. The Hall–Kier alpha value is -1.98. The van der Waals surface area contributed by atoms with Crippen molar-refractivity contribution >= 4 is 17.5 Å². The molecule has 2 heterocycles. The van der Waals surface area contributed by atoms with Gasteiger partial charge in [-0.1, -0.05) is 13.8 Å². The summed E-state index contributed by atoms with van der Waals surface area (Å²) in [5.74, 6) is 0.522. The lowest BCUT2D eigenvalue weighted by Gasteiger charge is -2.35. The summed E-state index contributed by atoms with van der Waals surface area (Å²) in [6, 6.07) is 1.69. The predicted molar refractivity (Wildman–Crippen MR) is 81.8 cm³/mol. The molecule has 6 heteroatoms. The minimum atomic E-state index is -0.0230. The minimum Gasteiger partial charge on any atom is -0.397 e. The minimum absolute atomic E-state index is 0.0230. The molecule has 2 rings (SSSR count). The molecule has 0 saturated carbocycles. The number of aryl methyl sites for hydroxylation is 1. The Balaban J connectivity index is 1.93. The number of hydrogen-bond donors (Lipinski definition) is 1. The van der Waals surface area contributed by atoms with Crippen LogP contribution in [0.2, 0.25) is 0 Å². The summed E-state index contributed by atoms with van der Waals surface area (Å²) in [6.45, 7) is 6.45. The average Bonchev–Trinajstić information content (AvgIpc) is 2.76. The van der Waals surface area contributed by atoms with Crippen molar-refractivity contribution < 1.29 is 9.59 Å². The van der Waals surface area contributed by atoms with Gasteiger partial charge in [-0.2, -0.15) is 0 Å². The van der Waals surface area contributed by atoms with E-state index in [9.17, 15) is 9.59 Å². The molecule has 0 unspecified atom stereocenters. The summed E-state index contributed by atoms with van der Waals surface area (Å²) in [5.41, 5.74) is 6.89. The van der Waals surface area contributed by atoms with Gasteiger partial charge in [0.2, 0.25) is 5.91 Å². The summed E-state index contributed by atoms with van der Waals surface area (Å²) in [7, 11) is 1.81. The third kappa shape index (κ3) is 3.56. The number of amides is 2. The Morgan fingerprint density at radius 3 is 2.24 bits per heavy atom. The fourth-order valence-corrected chi connectivity index (χ4v) is 2.60. The Kier molecular flexibility index (Phi) is 4.55. The first-order chi connectivity index (χ1) is 9.88. The first-order valence-electron chi connectivity index (χ1n) is 7.37. The maximum absolute atomic E-state index is 12.4. The van der Waals surface area contributed by atoms with Crippen molar-refractivity contribution in [3.63, 3.8) is 0 Å². The van der Waals surface area contributed by atoms with Crippen molar-refractivity contribution in [2.24, 2.45) is 13.0 Å². The van der Waals surface area contributed by atoms with E-state index in [4.69, 9.17) is 5.73 Å². The number of carbonyl (C=O) groups excluding carboxylic acids is 2. The van der Waals surface area contributed by atoms with Gasteiger partial charge in [0.15, 0.2) is 0 Å². The van der Waals surface area contributed by atoms with Gasteiger partial charge >= 0.3 is 0 Å². The third-order valence-electron chi connectivity index (χ3n) is 3.75. The summed E-state index contributed by atoms with van der Waals surface area (Å²) in [5, 5.41) is 0. The number of nitrogens with zero attached hydrogens (tertiary/aromatic N) is 3. The quantitative estimate of drug-likeness (QED) is 0.901. The number of aromatic nitrogens is 1. The standard InChI is InChI=1S/C15H24N4O2/c1-11(2)8-14(20)18-4-6-19(7-5-18)15(21)13-9-12(16)10-17(13)3/h9-11H,4-8,16H2,1-3H3. The van der Waals surface area contributed by atoms with Gasteiger partial charge in [0, 0.05) is 45.8 Å². The Morgan fingerprint density at radius 1 is 1.19 bits per heavy atom. The number of anilines is 1. The molecular formula is C15H24N4O2. The molecule has 0 bridgehead atoms. The van der Waals surface area contributed by atoms with E-state index < -0.39 is 0 Å². The number of rotatable bonds is 3. The molecule has 2 amide bonds. The highest BCUT2D eigenvalue weighted by Crippen LogP contribution is 2.14. The van der Waals surface area contributed by atoms with Crippen molar-refractivity contribution in [1.29, 1.82) is 0 Å². The molecule has 0 radical (unpaired) electrons. The molecule has 21 heavy (non-hydrogen) atoms. The zero-order chi connectivity index (χ0) is 15.6. The van der Waals surface area contributed by atoms with E-state index in [0.29, 0.717) is 49.9 Å². The van der Waals surface area contributed by atoms with Crippen molar-refractivity contribution in [2.75, 3.05) is 31.9 Å². The van der Waals surface area contributed by atoms with Crippen LogP contribution in [0.3, 0.4) is 0 Å². The predicted octanol–water partition coefficient (Wildman–Crippen LogP) is 0.938. The third-order valence-corrected chi connectivity index (χ3v) is 3.75. The van der Waals surface area contributed by atoms with Crippen LogP contribution < -0.4 is 5.73 Å². The highest BCUT2D eigenvalue weighted by Gasteiger charge is 2.26. The van der Waals surface area contributed by atoms with Crippen LogP contribution in [0.1, 0.15) is 30.8 Å². The average molecular weight is 292 g/mol. The molecule has 2 N–H and O–H groups in total. The van der Waals surface area contributed by atoms with Gasteiger partial charge in [-0.3, -0.25) is 9.59 Å². The molecule has 0 atom stereocenters. The van der Waals surface area contributed by atoms with Gasteiger partial charge in [0.05, 0.1) is 5.69 Å². The fourth-order valence-electron chi connectivity index (χ4n) is 2.60. The lowest BCUT2D eigenvalue weighted by atomic mass is 10.1. The molecule has 1 aromatic heterocycles. The molecule has 0 aromatic carbocycles. The molecule has 116 valence electrons. The summed E-state index contributed by atoms with van der Waals surface area (Å²) >= 11 is 0. The number of hydrogen-bond acceptors (Lipinski definition) is 3. The molecule has 1 aliphatic heterocycles. The molecule has 1 aliphatic rings. The Bertz CT molecular complexity index is 528. The van der Waals surface area contributed by atoms with Gasteiger partial charge in [0.25, 0.3) is 5.91 Å². The SMILES string of the molecule is CC(C)CC(=O)N1CCN(C(=O)c2cc(N)cn2C)CC1. The van der Waals surface area contributed by atoms with Gasteiger partial charge in [-0.25, -0.2) is 0 Å². The van der Waals surface area contributed by atoms with E-state index in [1.807, 2.05) is 25.8 Å². The maximum Gasteiger partial charge on any atom is 0.270 e. The van der Waals surface area contributed by atoms with Crippen LogP contribution in [-0.4, -0.2) is 52.4 Å². The van der Waals surface area contributed by atoms with Gasteiger partial charge < -0.3 is 20.1 Å². The van der Waals surface area contributed by atoms with Gasteiger partial charge in [-0.15, -0.1) is 0 Å². The van der Waals surface area contributed by atoms with Crippen LogP contribution in [-0.2, 0) is 11.8 Å². The van der Waals surface area contributed by atoms with Crippen molar-refractivity contribution in [3.8, 4) is 0 Å². The first kappa shape index (κ1) is 15.4. The van der Waals surface area contributed by atoms with Crippen molar-refractivity contribution in [3.05, 3.63) is 18.0 Å². The number of carbonyl (C=O) groups is 2. The number of nitrogen functional groups attached to an aromatic ring is 1. The highest BCUT2D eigenvalue weighted by atomic mass is 16.2. The van der Waals surface area contributed by atoms with E-state index in [2.05, 4.69) is 0 Å². The normalized spacial score (nSPS) is 15.6. The van der Waals surface area contributed by atoms with E-state index in [-0.39, 0.29) is 11.8 Å². The largest absolute Gasteiger partial charge is 0.397 e. The second kappa shape index (κ2) is 6.20. The summed E-state index contributed by atoms with van der Waals surface area (Å²) in [6.07, 6.45) is 2.30. The van der Waals surface area contributed by atoms with Crippen molar-refractivity contribution in [2.45, 2.75) is 20.3 Å². The number of piperazine rings is 1. The monoisotopic (exact) mass is 292 g/mol. The second-order valence-corrected chi connectivity index (χ2v) is 6.04. The van der Waals surface area contributed by atoms with Crippen LogP contribution in [0.4, 0.5) is 5.69 Å². The Morgan fingerprint density at radius 2 is 1.76 bits per heavy atom. The molecule has 1 aromatic rings. The second-order valence-electron chi connectivity index (χ2n) is 6.04. The number of nitrogens with two attached hydrogens (primary N) is 1. The zero-order valence-corrected chi connectivity index (χ0v) is 13.0. The smallest absolute Gasteiger partial charge is 0.270 e.